The van der Waals surface area contributed by atoms with E-state index >= 15 is 0 Å². The molecule has 10 aromatic rings. The molecule has 0 amide bonds. The highest BCUT2D eigenvalue weighted by molar-refractivity contribution is 7.26. The van der Waals surface area contributed by atoms with E-state index in [1.54, 1.807) is 0 Å². The van der Waals surface area contributed by atoms with Crippen LogP contribution in [-0.2, 0) is 0 Å². The summed E-state index contributed by atoms with van der Waals surface area (Å²) in [6.45, 7) is 0. The highest BCUT2D eigenvalue weighted by Gasteiger charge is 2.18. The van der Waals surface area contributed by atoms with Crippen molar-refractivity contribution in [1.82, 2.24) is 15.0 Å². The Hall–Kier alpha value is -5.91. The summed E-state index contributed by atoms with van der Waals surface area (Å²) in [5.41, 5.74) is 4.33. The summed E-state index contributed by atoms with van der Waals surface area (Å²) in [5.74, 6) is 1.83. The van der Waals surface area contributed by atoms with Gasteiger partial charge in [0, 0.05) is 42.1 Å². The molecule has 0 spiro atoms. The first-order valence-corrected chi connectivity index (χ1v) is 16.1. The molecule has 0 fully saturated rings. The number of nitrogens with zero attached hydrogens (tertiary/aromatic N) is 3. The summed E-state index contributed by atoms with van der Waals surface area (Å²) < 4.78 is 9.00. The van der Waals surface area contributed by atoms with Crippen molar-refractivity contribution < 1.29 is 4.42 Å². The summed E-state index contributed by atoms with van der Waals surface area (Å²) in [5, 5.41) is 9.65. The van der Waals surface area contributed by atoms with E-state index in [0.29, 0.717) is 17.5 Å². The van der Waals surface area contributed by atoms with Gasteiger partial charge in [-0.15, -0.1) is 11.3 Å². The van der Waals surface area contributed by atoms with Gasteiger partial charge >= 0.3 is 0 Å². The number of hydrogen-bond acceptors (Lipinski definition) is 5. The minimum atomic E-state index is 0.582. The van der Waals surface area contributed by atoms with Gasteiger partial charge < -0.3 is 4.42 Å². The quantitative estimate of drug-likeness (QED) is 0.188. The van der Waals surface area contributed by atoms with Crippen molar-refractivity contribution in [1.29, 1.82) is 0 Å². The zero-order valence-electron chi connectivity index (χ0n) is 24.4. The normalized spacial score (nSPS) is 11.9. The predicted octanol–water partition coefficient (Wildman–Crippen LogP) is 11.4. The summed E-state index contributed by atoms with van der Waals surface area (Å²) in [6.07, 6.45) is 0. The molecule has 0 aliphatic rings. The monoisotopic (exact) mass is 605 g/mol. The Labute approximate surface area is 267 Å². The topological polar surface area (TPSA) is 51.8 Å². The lowest BCUT2D eigenvalue weighted by atomic mass is 9.96. The van der Waals surface area contributed by atoms with Crippen molar-refractivity contribution in [3.8, 4) is 34.2 Å². The molecule has 3 heterocycles. The van der Waals surface area contributed by atoms with E-state index in [4.69, 9.17) is 19.4 Å². The van der Waals surface area contributed by atoms with Crippen LogP contribution < -0.4 is 0 Å². The number of aromatic nitrogens is 3. The number of hydrogen-bond donors (Lipinski definition) is 0. The molecule has 0 unspecified atom stereocenters. The van der Waals surface area contributed by atoms with Crippen LogP contribution in [0.15, 0.2) is 144 Å². The van der Waals surface area contributed by atoms with Crippen LogP contribution in [0.1, 0.15) is 0 Å². The molecule has 46 heavy (non-hydrogen) atoms. The second-order valence-electron chi connectivity index (χ2n) is 11.6. The molecule has 0 bridgehead atoms. The first kappa shape index (κ1) is 25.4. The summed E-state index contributed by atoms with van der Waals surface area (Å²) >= 11 is 1.85. The molecule has 0 saturated heterocycles. The van der Waals surface area contributed by atoms with Gasteiger partial charge in [0.15, 0.2) is 17.5 Å². The number of benzene rings is 7. The van der Waals surface area contributed by atoms with Crippen LogP contribution in [0.4, 0.5) is 0 Å². The van der Waals surface area contributed by atoms with Gasteiger partial charge in [0.25, 0.3) is 0 Å². The third-order valence-electron chi connectivity index (χ3n) is 8.91. The van der Waals surface area contributed by atoms with Gasteiger partial charge in [0.05, 0.1) is 5.56 Å². The lowest BCUT2D eigenvalue weighted by Gasteiger charge is -2.11. The van der Waals surface area contributed by atoms with Crippen LogP contribution >= 0.6 is 11.3 Å². The zero-order chi connectivity index (χ0) is 30.2. The van der Waals surface area contributed by atoms with Crippen LogP contribution in [0.25, 0.3) is 97.8 Å². The first-order valence-electron chi connectivity index (χ1n) is 15.3. The zero-order valence-corrected chi connectivity index (χ0v) is 25.3. The Balaban J connectivity index is 1.21. The smallest absolute Gasteiger partial charge is 0.167 e. The average Bonchev–Trinajstić information content (AvgIpc) is 3.70. The first-order chi connectivity index (χ1) is 22.8. The molecule has 0 N–H and O–H groups in total. The van der Waals surface area contributed by atoms with Crippen molar-refractivity contribution >= 4 is 75.0 Å². The van der Waals surface area contributed by atoms with Gasteiger partial charge in [-0.25, -0.2) is 15.0 Å². The molecule has 0 atom stereocenters. The fraction of sp³-hybridized carbons (Fsp3) is 0. The fourth-order valence-electron chi connectivity index (χ4n) is 6.77. The molecule has 3 aromatic heterocycles. The molecule has 5 heteroatoms. The summed E-state index contributed by atoms with van der Waals surface area (Å²) in [7, 11) is 0. The van der Waals surface area contributed by atoms with Gasteiger partial charge in [-0.1, -0.05) is 109 Å². The standard InChI is InChI=1S/C41H23N3OS/c1-2-9-25(10-3-1)39-42-40(44-41(43-39)32-14-8-13-30-29-11-4-6-15-33(29)45-38(30)32)27-19-21-28-26(23-27)18-17-24-20-22-35-37(36(24)28)31-12-5-7-16-34(31)46-35/h1-23H. The minimum absolute atomic E-state index is 0.582. The SMILES string of the molecule is c1ccc(-c2nc(-c3ccc4c(ccc5ccc6sc7ccccc7c6c54)c3)nc(-c3cccc4c3oc3ccccc34)n2)cc1. The second kappa shape index (κ2) is 9.80. The van der Waals surface area contributed by atoms with Crippen LogP contribution in [0.2, 0.25) is 0 Å². The second-order valence-corrected chi connectivity index (χ2v) is 12.7. The molecule has 214 valence electrons. The van der Waals surface area contributed by atoms with E-state index in [1.165, 1.54) is 36.3 Å². The van der Waals surface area contributed by atoms with Gasteiger partial charge in [0.2, 0.25) is 0 Å². The van der Waals surface area contributed by atoms with Crippen LogP contribution in [0.5, 0.6) is 0 Å². The van der Waals surface area contributed by atoms with Gasteiger partial charge in [-0.3, -0.25) is 0 Å². The van der Waals surface area contributed by atoms with E-state index in [0.717, 1.165) is 44.0 Å². The Bertz CT molecular complexity index is 2820. The third kappa shape index (κ3) is 3.82. The molecular formula is C41H23N3OS. The number of rotatable bonds is 3. The molecule has 10 rings (SSSR count). The highest BCUT2D eigenvalue weighted by atomic mass is 32.1. The number of para-hydroxylation sites is 2. The minimum Gasteiger partial charge on any atom is -0.455 e. The van der Waals surface area contributed by atoms with Gasteiger partial charge in [-0.2, -0.15) is 0 Å². The molecule has 0 aliphatic heterocycles. The van der Waals surface area contributed by atoms with E-state index in [2.05, 4.69) is 78.9 Å². The van der Waals surface area contributed by atoms with Crippen molar-refractivity contribution in [2.45, 2.75) is 0 Å². The molecule has 7 aromatic carbocycles. The fourth-order valence-corrected chi connectivity index (χ4v) is 7.89. The Morgan fingerprint density at radius 3 is 2.07 bits per heavy atom. The largest absolute Gasteiger partial charge is 0.455 e. The van der Waals surface area contributed by atoms with Crippen molar-refractivity contribution in [3.63, 3.8) is 0 Å². The summed E-state index contributed by atoms with van der Waals surface area (Å²) in [6, 6.07) is 48.6. The Kier molecular flexibility index (Phi) is 5.41. The lowest BCUT2D eigenvalue weighted by molar-refractivity contribution is 0.669. The van der Waals surface area contributed by atoms with Crippen molar-refractivity contribution in [2.24, 2.45) is 0 Å². The average molecular weight is 606 g/mol. The van der Waals surface area contributed by atoms with E-state index in [-0.39, 0.29) is 0 Å². The van der Waals surface area contributed by atoms with E-state index in [9.17, 15) is 0 Å². The highest BCUT2D eigenvalue weighted by Crippen LogP contribution is 2.42. The van der Waals surface area contributed by atoms with E-state index < -0.39 is 0 Å². The molecule has 4 nitrogen and oxygen atoms in total. The Morgan fingerprint density at radius 1 is 0.435 bits per heavy atom. The van der Waals surface area contributed by atoms with Crippen LogP contribution in [0, 0.1) is 0 Å². The van der Waals surface area contributed by atoms with Crippen molar-refractivity contribution in [2.75, 3.05) is 0 Å². The maximum atomic E-state index is 6.39. The van der Waals surface area contributed by atoms with Gasteiger partial charge in [0.1, 0.15) is 11.2 Å². The molecule has 0 aliphatic carbocycles. The van der Waals surface area contributed by atoms with Crippen LogP contribution in [-0.4, -0.2) is 15.0 Å². The predicted molar refractivity (Wildman–Crippen MR) is 191 cm³/mol. The number of thiophene rings is 1. The lowest BCUT2D eigenvalue weighted by Crippen LogP contribution is -2.00. The number of fused-ring (bicyclic) bond motifs is 10. The summed E-state index contributed by atoms with van der Waals surface area (Å²) in [4.78, 5) is 15.1. The number of furan rings is 1. The molecule has 0 saturated carbocycles. The maximum absolute atomic E-state index is 6.39. The molecular weight excluding hydrogens is 583 g/mol. The van der Waals surface area contributed by atoms with E-state index in [1.807, 2.05) is 72.0 Å². The van der Waals surface area contributed by atoms with Crippen LogP contribution in [0.3, 0.4) is 0 Å². The Morgan fingerprint density at radius 2 is 1.15 bits per heavy atom. The maximum Gasteiger partial charge on any atom is 0.167 e. The molecule has 0 radical (unpaired) electrons. The third-order valence-corrected chi connectivity index (χ3v) is 10.0. The van der Waals surface area contributed by atoms with Gasteiger partial charge in [-0.05, 0) is 51.9 Å². The van der Waals surface area contributed by atoms with Crippen molar-refractivity contribution in [3.05, 3.63) is 140 Å².